The molecule has 1 N–H and O–H groups in total. The van der Waals surface area contributed by atoms with Gasteiger partial charge >= 0.3 is 0 Å². The summed E-state index contributed by atoms with van der Waals surface area (Å²) in [6, 6.07) is 10.6. The molecule has 1 atom stereocenters. The molecule has 0 fully saturated rings. The quantitative estimate of drug-likeness (QED) is 0.558. The lowest BCUT2D eigenvalue weighted by atomic mass is 9.88. The molecular formula is C17H29N. The van der Waals surface area contributed by atoms with Crippen molar-refractivity contribution >= 4 is 5.69 Å². The zero-order chi connectivity index (χ0) is 13.3. The minimum atomic E-state index is 0.256. The first-order valence-electron chi connectivity index (χ1n) is 7.53. The van der Waals surface area contributed by atoms with Crippen LogP contribution in [0.2, 0.25) is 0 Å². The fourth-order valence-electron chi connectivity index (χ4n) is 2.45. The zero-order valence-electron chi connectivity index (χ0n) is 12.3. The Morgan fingerprint density at radius 1 is 0.889 bits per heavy atom. The van der Waals surface area contributed by atoms with Gasteiger partial charge in [0.05, 0.1) is 0 Å². The SMILES string of the molecule is CCCCCC(C)(CCCC)Nc1ccccc1. The molecule has 0 radical (unpaired) electrons. The molecule has 1 rings (SSSR count). The fourth-order valence-corrected chi connectivity index (χ4v) is 2.45. The molecule has 0 aliphatic rings. The van der Waals surface area contributed by atoms with Crippen molar-refractivity contribution in [3.8, 4) is 0 Å². The van der Waals surface area contributed by atoms with Crippen LogP contribution in [0.25, 0.3) is 0 Å². The van der Waals surface area contributed by atoms with E-state index in [0.717, 1.165) is 0 Å². The standard InChI is InChI=1S/C17H29N/c1-4-6-11-15-17(3,14-7-5-2)18-16-12-9-8-10-13-16/h8-10,12-13,18H,4-7,11,14-15H2,1-3H3. The number of para-hydroxylation sites is 1. The molecular weight excluding hydrogens is 218 g/mol. The number of benzene rings is 1. The first-order valence-corrected chi connectivity index (χ1v) is 7.53. The van der Waals surface area contributed by atoms with E-state index in [9.17, 15) is 0 Å². The highest BCUT2D eigenvalue weighted by atomic mass is 15.0. The summed E-state index contributed by atoms with van der Waals surface area (Å²) < 4.78 is 0. The van der Waals surface area contributed by atoms with Crippen LogP contribution in [0.5, 0.6) is 0 Å². The Labute approximate surface area is 113 Å². The summed E-state index contributed by atoms with van der Waals surface area (Å²) in [6.07, 6.45) is 9.10. The third kappa shape index (κ3) is 5.57. The van der Waals surface area contributed by atoms with Crippen LogP contribution in [0.15, 0.2) is 30.3 Å². The van der Waals surface area contributed by atoms with E-state index < -0.39 is 0 Å². The Balaban J connectivity index is 2.58. The molecule has 1 heteroatoms. The van der Waals surface area contributed by atoms with Gasteiger partial charge in [0.25, 0.3) is 0 Å². The van der Waals surface area contributed by atoms with Gasteiger partial charge in [-0.1, -0.05) is 64.2 Å². The highest BCUT2D eigenvalue weighted by Crippen LogP contribution is 2.26. The van der Waals surface area contributed by atoms with Gasteiger partial charge in [-0.05, 0) is 31.9 Å². The molecule has 0 spiro atoms. The van der Waals surface area contributed by atoms with Crippen molar-refractivity contribution in [2.75, 3.05) is 5.32 Å². The number of hydrogen-bond acceptors (Lipinski definition) is 1. The normalized spacial score (nSPS) is 14.2. The molecule has 1 unspecified atom stereocenters. The maximum Gasteiger partial charge on any atom is 0.0345 e. The monoisotopic (exact) mass is 247 g/mol. The molecule has 0 amide bonds. The van der Waals surface area contributed by atoms with Crippen LogP contribution in [0.4, 0.5) is 5.69 Å². The highest BCUT2D eigenvalue weighted by Gasteiger charge is 2.22. The van der Waals surface area contributed by atoms with Gasteiger partial charge in [0.15, 0.2) is 0 Å². The first kappa shape index (κ1) is 15.1. The molecule has 0 bridgehead atoms. The van der Waals surface area contributed by atoms with Crippen LogP contribution in [0.1, 0.15) is 65.7 Å². The van der Waals surface area contributed by atoms with E-state index >= 15 is 0 Å². The topological polar surface area (TPSA) is 12.0 Å². The zero-order valence-corrected chi connectivity index (χ0v) is 12.3. The van der Waals surface area contributed by atoms with E-state index in [0.29, 0.717) is 0 Å². The van der Waals surface area contributed by atoms with Crippen LogP contribution in [-0.4, -0.2) is 5.54 Å². The van der Waals surface area contributed by atoms with Gasteiger partial charge in [0.1, 0.15) is 0 Å². The Morgan fingerprint density at radius 2 is 1.50 bits per heavy atom. The lowest BCUT2D eigenvalue weighted by Gasteiger charge is -2.32. The summed E-state index contributed by atoms with van der Waals surface area (Å²) in [6.45, 7) is 6.92. The third-order valence-corrected chi connectivity index (χ3v) is 3.63. The predicted molar refractivity (Wildman–Crippen MR) is 82.1 cm³/mol. The average molecular weight is 247 g/mol. The molecule has 0 heterocycles. The Morgan fingerprint density at radius 3 is 2.11 bits per heavy atom. The van der Waals surface area contributed by atoms with E-state index in [4.69, 9.17) is 0 Å². The molecule has 0 saturated carbocycles. The number of unbranched alkanes of at least 4 members (excludes halogenated alkanes) is 3. The van der Waals surface area contributed by atoms with Crippen molar-refractivity contribution in [3.05, 3.63) is 30.3 Å². The second kappa shape index (κ2) is 8.18. The van der Waals surface area contributed by atoms with Crippen molar-refractivity contribution in [3.63, 3.8) is 0 Å². The summed E-state index contributed by atoms with van der Waals surface area (Å²) in [5.74, 6) is 0. The number of rotatable bonds is 9. The molecule has 0 aliphatic carbocycles. The predicted octanol–water partition coefficient (Wildman–Crippen LogP) is 5.63. The molecule has 0 aromatic heterocycles. The molecule has 0 saturated heterocycles. The van der Waals surface area contributed by atoms with Crippen molar-refractivity contribution in [2.24, 2.45) is 0 Å². The molecule has 18 heavy (non-hydrogen) atoms. The smallest absolute Gasteiger partial charge is 0.0345 e. The molecule has 0 aliphatic heterocycles. The lowest BCUT2D eigenvalue weighted by molar-refractivity contribution is 0.404. The number of nitrogens with one attached hydrogen (secondary N) is 1. The van der Waals surface area contributed by atoms with Gasteiger partial charge in [0, 0.05) is 11.2 Å². The van der Waals surface area contributed by atoms with Crippen LogP contribution in [0, 0.1) is 0 Å². The Kier molecular flexibility index (Phi) is 6.85. The molecule has 1 nitrogen and oxygen atoms in total. The Bertz CT molecular complexity index is 307. The van der Waals surface area contributed by atoms with Crippen LogP contribution in [0.3, 0.4) is 0 Å². The lowest BCUT2D eigenvalue weighted by Crippen LogP contribution is -2.34. The van der Waals surface area contributed by atoms with Crippen LogP contribution in [-0.2, 0) is 0 Å². The number of anilines is 1. The van der Waals surface area contributed by atoms with Gasteiger partial charge in [-0.25, -0.2) is 0 Å². The largest absolute Gasteiger partial charge is 0.380 e. The summed E-state index contributed by atoms with van der Waals surface area (Å²) >= 11 is 0. The van der Waals surface area contributed by atoms with Crippen molar-refractivity contribution in [2.45, 2.75) is 71.3 Å². The van der Waals surface area contributed by atoms with Crippen LogP contribution < -0.4 is 5.32 Å². The first-order chi connectivity index (χ1) is 8.70. The van der Waals surface area contributed by atoms with Crippen molar-refractivity contribution < 1.29 is 0 Å². The molecule has 1 aromatic carbocycles. The molecule has 102 valence electrons. The summed E-state index contributed by atoms with van der Waals surface area (Å²) in [5.41, 5.74) is 1.51. The van der Waals surface area contributed by atoms with Crippen LogP contribution >= 0.6 is 0 Å². The van der Waals surface area contributed by atoms with E-state index in [1.54, 1.807) is 0 Å². The van der Waals surface area contributed by atoms with E-state index in [1.807, 2.05) is 0 Å². The van der Waals surface area contributed by atoms with E-state index in [2.05, 4.69) is 56.4 Å². The summed E-state index contributed by atoms with van der Waals surface area (Å²) in [4.78, 5) is 0. The average Bonchev–Trinajstić information content (AvgIpc) is 2.38. The minimum Gasteiger partial charge on any atom is -0.380 e. The molecule has 1 aromatic rings. The fraction of sp³-hybridized carbons (Fsp3) is 0.647. The van der Waals surface area contributed by atoms with Gasteiger partial charge < -0.3 is 5.32 Å². The summed E-state index contributed by atoms with van der Waals surface area (Å²) in [5, 5.41) is 3.75. The third-order valence-electron chi connectivity index (χ3n) is 3.63. The summed E-state index contributed by atoms with van der Waals surface area (Å²) in [7, 11) is 0. The highest BCUT2D eigenvalue weighted by molar-refractivity contribution is 5.44. The maximum absolute atomic E-state index is 3.75. The van der Waals surface area contributed by atoms with Gasteiger partial charge in [0.2, 0.25) is 0 Å². The second-order valence-electron chi connectivity index (χ2n) is 5.61. The van der Waals surface area contributed by atoms with E-state index in [1.165, 1.54) is 50.6 Å². The van der Waals surface area contributed by atoms with Gasteiger partial charge in [-0.2, -0.15) is 0 Å². The van der Waals surface area contributed by atoms with Gasteiger partial charge in [-0.3, -0.25) is 0 Å². The van der Waals surface area contributed by atoms with Gasteiger partial charge in [-0.15, -0.1) is 0 Å². The van der Waals surface area contributed by atoms with E-state index in [-0.39, 0.29) is 5.54 Å². The minimum absolute atomic E-state index is 0.256. The van der Waals surface area contributed by atoms with Crippen molar-refractivity contribution in [1.82, 2.24) is 0 Å². The second-order valence-corrected chi connectivity index (χ2v) is 5.61. The maximum atomic E-state index is 3.75. The van der Waals surface area contributed by atoms with Crippen molar-refractivity contribution in [1.29, 1.82) is 0 Å². The Hall–Kier alpha value is -0.980. The number of hydrogen-bond donors (Lipinski definition) is 1.